The van der Waals surface area contributed by atoms with Crippen LogP contribution in [0, 0.1) is 5.41 Å². The van der Waals surface area contributed by atoms with Gasteiger partial charge in [-0.1, -0.05) is 18.2 Å². The first-order valence-electron chi connectivity index (χ1n) is 5.88. The SMILES string of the molecule is CC(C)(CN)C(=O)NCc1ccccc1OC(F)F.Cl. The number of carbonyl (C=O) groups is 1. The Bertz CT molecular complexity index is 442. The van der Waals surface area contributed by atoms with Gasteiger partial charge in [0.1, 0.15) is 5.75 Å². The smallest absolute Gasteiger partial charge is 0.387 e. The van der Waals surface area contributed by atoms with Crippen LogP contribution in [0.1, 0.15) is 19.4 Å². The maximum atomic E-state index is 12.2. The summed E-state index contributed by atoms with van der Waals surface area (Å²) in [5.74, 6) is -0.176. The van der Waals surface area contributed by atoms with Gasteiger partial charge in [-0.3, -0.25) is 4.79 Å². The van der Waals surface area contributed by atoms with Crippen LogP contribution in [0.4, 0.5) is 8.78 Å². The van der Waals surface area contributed by atoms with Crippen molar-refractivity contribution in [3.63, 3.8) is 0 Å². The third kappa shape index (κ3) is 5.30. The maximum absolute atomic E-state index is 12.2. The van der Waals surface area contributed by atoms with Crippen LogP contribution >= 0.6 is 12.4 Å². The summed E-state index contributed by atoms with van der Waals surface area (Å²) in [6.07, 6.45) is 0. The van der Waals surface area contributed by atoms with E-state index in [0.29, 0.717) is 5.56 Å². The summed E-state index contributed by atoms with van der Waals surface area (Å²) in [6, 6.07) is 6.33. The number of alkyl halides is 2. The quantitative estimate of drug-likeness (QED) is 0.847. The molecule has 7 heteroatoms. The molecule has 0 saturated heterocycles. The number of hydrogen-bond donors (Lipinski definition) is 2. The van der Waals surface area contributed by atoms with Crippen LogP contribution in [0.15, 0.2) is 24.3 Å². The Kier molecular flexibility index (Phi) is 7.45. The van der Waals surface area contributed by atoms with Crippen molar-refractivity contribution in [2.24, 2.45) is 11.1 Å². The van der Waals surface area contributed by atoms with Gasteiger partial charge in [0, 0.05) is 18.7 Å². The third-order valence-electron chi connectivity index (χ3n) is 2.75. The van der Waals surface area contributed by atoms with Crippen LogP contribution in [0.25, 0.3) is 0 Å². The average molecular weight is 309 g/mol. The molecule has 0 radical (unpaired) electrons. The molecular weight excluding hydrogens is 290 g/mol. The number of halogens is 3. The Hall–Kier alpha value is -1.40. The van der Waals surface area contributed by atoms with Crippen molar-refractivity contribution in [2.45, 2.75) is 27.0 Å². The number of hydrogen-bond acceptors (Lipinski definition) is 3. The topological polar surface area (TPSA) is 64.4 Å². The number of carbonyl (C=O) groups excluding carboxylic acids is 1. The van der Waals surface area contributed by atoms with E-state index in [1.807, 2.05) is 0 Å². The van der Waals surface area contributed by atoms with Gasteiger partial charge in [0.15, 0.2) is 0 Å². The largest absolute Gasteiger partial charge is 0.434 e. The summed E-state index contributed by atoms with van der Waals surface area (Å²) in [6.45, 7) is 0.852. The standard InChI is InChI=1S/C13H18F2N2O2.ClH/c1-13(2,8-16)11(18)17-7-9-5-3-4-6-10(9)19-12(14)15;/h3-6,12H,7-8,16H2,1-2H3,(H,17,18);1H. The number of ether oxygens (including phenoxy) is 1. The number of rotatable bonds is 6. The molecule has 0 aliphatic rings. The van der Waals surface area contributed by atoms with E-state index in [-0.39, 0.29) is 37.2 Å². The van der Waals surface area contributed by atoms with Crippen LogP contribution in [-0.4, -0.2) is 19.1 Å². The van der Waals surface area contributed by atoms with Crippen molar-refractivity contribution < 1.29 is 18.3 Å². The van der Waals surface area contributed by atoms with Crippen LogP contribution in [0.2, 0.25) is 0 Å². The fourth-order valence-corrected chi connectivity index (χ4v) is 1.37. The molecule has 0 saturated carbocycles. The van der Waals surface area contributed by atoms with Crippen molar-refractivity contribution in [2.75, 3.05) is 6.54 Å². The summed E-state index contributed by atoms with van der Waals surface area (Å²) < 4.78 is 28.8. The first-order valence-corrected chi connectivity index (χ1v) is 5.88. The van der Waals surface area contributed by atoms with Crippen molar-refractivity contribution in [1.82, 2.24) is 5.32 Å². The summed E-state index contributed by atoms with van der Waals surface area (Å²) >= 11 is 0. The van der Waals surface area contributed by atoms with Gasteiger partial charge in [-0.2, -0.15) is 8.78 Å². The zero-order chi connectivity index (χ0) is 14.5. The van der Waals surface area contributed by atoms with E-state index in [0.717, 1.165) is 0 Å². The lowest BCUT2D eigenvalue weighted by Gasteiger charge is -2.21. The molecule has 4 nitrogen and oxygen atoms in total. The Morgan fingerprint density at radius 1 is 1.40 bits per heavy atom. The van der Waals surface area contributed by atoms with E-state index in [1.165, 1.54) is 6.07 Å². The molecule has 0 spiro atoms. The Morgan fingerprint density at radius 3 is 2.55 bits per heavy atom. The van der Waals surface area contributed by atoms with Gasteiger partial charge in [-0.25, -0.2) is 0 Å². The molecule has 1 aromatic rings. The average Bonchev–Trinajstić information content (AvgIpc) is 2.36. The van der Waals surface area contributed by atoms with Crippen LogP contribution in [-0.2, 0) is 11.3 Å². The normalized spacial score (nSPS) is 10.9. The second-order valence-corrected chi connectivity index (χ2v) is 4.76. The summed E-state index contributed by atoms with van der Waals surface area (Å²) in [5, 5.41) is 2.66. The van der Waals surface area contributed by atoms with Crippen LogP contribution in [0.3, 0.4) is 0 Å². The Morgan fingerprint density at radius 2 is 2.00 bits per heavy atom. The molecule has 3 N–H and O–H groups in total. The molecule has 0 heterocycles. The highest BCUT2D eigenvalue weighted by Gasteiger charge is 2.25. The number of nitrogens with two attached hydrogens (primary N) is 1. The lowest BCUT2D eigenvalue weighted by Crippen LogP contribution is -2.41. The first kappa shape index (κ1) is 18.6. The van der Waals surface area contributed by atoms with Gasteiger partial charge in [-0.15, -0.1) is 12.4 Å². The van der Waals surface area contributed by atoms with Crippen molar-refractivity contribution in [3.05, 3.63) is 29.8 Å². The highest BCUT2D eigenvalue weighted by atomic mass is 35.5. The molecule has 1 amide bonds. The molecule has 0 aromatic heterocycles. The van der Waals surface area contributed by atoms with Crippen molar-refractivity contribution in [3.8, 4) is 5.75 Å². The molecule has 1 aromatic carbocycles. The minimum absolute atomic E-state index is 0. The van der Waals surface area contributed by atoms with Gasteiger partial charge >= 0.3 is 6.61 Å². The fourth-order valence-electron chi connectivity index (χ4n) is 1.37. The second-order valence-electron chi connectivity index (χ2n) is 4.76. The molecule has 20 heavy (non-hydrogen) atoms. The van der Waals surface area contributed by atoms with E-state index in [1.54, 1.807) is 32.0 Å². The summed E-state index contributed by atoms with van der Waals surface area (Å²) in [4.78, 5) is 11.8. The van der Waals surface area contributed by atoms with Gasteiger partial charge in [0.05, 0.1) is 5.41 Å². The van der Waals surface area contributed by atoms with Crippen LogP contribution in [0.5, 0.6) is 5.75 Å². The Balaban J connectivity index is 0.00000361. The van der Waals surface area contributed by atoms with Crippen molar-refractivity contribution >= 4 is 18.3 Å². The number of benzene rings is 1. The predicted molar refractivity (Wildman–Crippen MR) is 75.0 cm³/mol. The fraction of sp³-hybridized carbons (Fsp3) is 0.462. The monoisotopic (exact) mass is 308 g/mol. The van der Waals surface area contributed by atoms with Gasteiger partial charge in [0.25, 0.3) is 0 Å². The maximum Gasteiger partial charge on any atom is 0.387 e. The minimum atomic E-state index is -2.89. The van der Waals surface area contributed by atoms with Crippen molar-refractivity contribution in [1.29, 1.82) is 0 Å². The molecule has 0 aliphatic heterocycles. The van der Waals surface area contributed by atoms with Gasteiger partial charge < -0.3 is 15.8 Å². The highest BCUT2D eigenvalue weighted by Crippen LogP contribution is 2.20. The summed E-state index contributed by atoms with van der Waals surface area (Å²) in [7, 11) is 0. The molecule has 0 unspecified atom stereocenters. The summed E-state index contributed by atoms with van der Waals surface area (Å²) in [5.41, 5.74) is 5.28. The van der Waals surface area contributed by atoms with E-state index in [9.17, 15) is 13.6 Å². The number of amides is 1. The molecule has 1 rings (SSSR count). The lowest BCUT2D eigenvalue weighted by molar-refractivity contribution is -0.129. The number of para-hydroxylation sites is 1. The Labute approximate surface area is 123 Å². The highest BCUT2D eigenvalue weighted by molar-refractivity contribution is 5.85. The molecule has 0 bridgehead atoms. The van der Waals surface area contributed by atoms with Crippen LogP contribution < -0.4 is 15.8 Å². The van der Waals surface area contributed by atoms with E-state index in [4.69, 9.17) is 5.73 Å². The molecule has 0 fully saturated rings. The zero-order valence-corrected chi connectivity index (χ0v) is 12.2. The molecule has 114 valence electrons. The second kappa shape index (κ2) is 8.01. The number of nitrogens with one attached hydrogen (secondary N) is 1. The van der Waals surface area contributed by atoms with Gasteiger partial charge in [-0.05, 0) is 19.9 Å². The molecule has 0 aliphatic carbocycles. The van der Waals surface area contributed by atoms with E-state index in [2.05, 4.69) is 10.1 Å². The first-order chi connectivity index (χ1) is 8.86. The molecular formula is C13H19ClF2N2O2. The zero-order valence-electron chi connectivity index (χ0n) is 11.4. The lowest BCUT2D eigenvalue weighted by atomic mass is 9.92. The van der Waals surface area contributed by atoms with E-state index < -0.39 is 12.0 Å². The minimum Gasteiger partial charge on any atom is -0.434 e. The molecule has 0 atom stereocenters. The van der Waals surface area contributed by atoms with Gasteiger partial charge in [0.2, 0.25) is 5.91 Å². The predicted octanol–water partition coefficient (Wildman–Crippen LogP) is 2.31. The third-order valence-corrected chi connectivity index (χ3v) is 2.75. The van der Waals surface area contributed by atoms with E-state index >= 15 is 0 Å².